The van der Waals surface area contributed by atoms with Crippen LogP contribution in [0.15, 0.2) is 36.4 Å². The van der Waals surface area contributed by atoms with Crippen molar-refractivity contribution in [2.24, 2.45) is 0 Å². The summed E-state index contributed by atoms with van der Waals surface area (Å²) in [6, 6.07) is 9.38. The number of aliphatic hydroxyl groups excluding tert-OH is 2. The average Bonchev–Trinajstić information content (AvgIpc) is 2.67. The van der Waals surface area contributed by atoms with Crippen LogP contribution >= 0.6 is 0 Å². The largest absolute Gasteiger partial charge is 0.487 e. The number of nitrogens with zero attached hydrogens (tertiary/aromatic N) is 1. The molecule has 1 fully saturated rings. The summed E-state index contributed by atoms with van der Waals surface area (Å²) in [5.74, 6) is -1.12. The van der Waals surface area contributed by atoms with E-state index in [2.05, 4.69) is 4.90 Å². The van der Waals surface area contributed by atoms with E-state index in [0.29, 0.717) is 31.6 Å². The standard InChI is InChI=1S/C22H25F2NO3/c1-14-2-5-21-16(10-14)19(26)12-22(28-21)6-8-25(9-7-22)13-20(27)15-3-4-17(23)18(24)11-15/h2-5,10-11,19-20,26-27H,6-9,12-13H2,1H3/t19-,20+/m0/s1. The highest BCUT2D eigenvalue weighted by Gasteiger charge is 2.43. The molecule has 1 spiro atoms. The number of benzene rings is 2. The Bertz CT molecular complexity index is 865. The van der Waals surface area contributed by atoms with Gasteiger partial charge in [0.15, 0.2) is 11.6 Å². The first-order valence-electron chi connectivity index (χ1n) is 9.68. The van der Waals surface area contributed by atoms with Crippen molar-refractivity contribution >= 4 is 0 Å². The number of likely N-dealkylation sites (tertiary alicyclic amines) is 1. The summed E-state index contributed by atoms with van der Waals surface area (Å²) in [4.78, 5) is 2.09. The Labute approximate surface area is 163 Å². The molecule has 0 unspecified atom stereocenters. The van der Waals surface area contributed by atoms with E-state index in [4.69, 9.17) is 4.74 Å². The maximum atomic E-state index is 13.4. The van der Waals surface area contributed by atoms with Crippen molar-refractivity contribution in [3.05, 3.63) is 64.7 Å². The van der Waals surface area contributed by atoms with E-state index < -0.39 is 29.4 Å². The van der Waals surface area contributed by atoms with Crippen molar-refractivity contribution in [1.82, 2.24) is 4.90 Å². The minimum atomic E-state index is -0.951. The second-order valence-corrected chi connectivity index (χ2v) is 8.04. The highest BCUT2D eigenvalue weighted by molar-refractivity contribution is 5.41. The van der Waals surface area contributed by atoms with E-state index in [9.17, 15) is 19.0 Å². The van der Waals surface area contributed by atoms with Crippen LogP contribution in [0.25, 0.3) is 0 Å². The van der Waals surface area contributed by atoms with Crippen LogP contribution in [0.5, 0.6) is 5.75 Å². The van der Waals surface area contributed by atoms with Crippen molar-refractivity contribution in [2.75, 3.05) is 19.6 Å². The molecular weight excluding hydrogens is 364 g/mol. The molecule has 4 nitrogen and oxygen atoms in total. The number of piperidine rings is 1. The lowest BCUT2D eigenvalue weighted by molar-refractivity contribution is -0.0588. The Hall–Kier alpha value is -2.02. The molecule has 0 saturated carbocycles. The average molecular weight is 389 g/mol. The normalized spacial score (nSPS) is 22.5. The van der Waals surface area contributed by atoms with Crippen molar-refractivity contribution in [3.8, 4) is 5.75 Å². The van der Waals surface area contributed by atoms with Crippen LogP contribution in [0.4, 0.5) is 8.78 Å². The summed E-state index contributed by atoms with van der Waals surface area (Å²) in [6.45, 7) is 3.75. The van der Waals surface area contributed by atoms with Crippen LogP contribution in [-0.2, 0) is 0 Å². The fraction of sp³-hybridized carbons (Fsp3) is 0.455. The zero-order chi connectivity index (χ0) is 19.9. The van der Waals surface area contributed by atoms with E-state index in [-0.39, 0.29) is 0 Å². The maximum absolute atomic E-state index is 13.4. The summed E-state index contributed by atoms with van der Waals surface area (Å²) in [5, 5.41) is 21.0. The van der Waals surface area contributed by atoms with Gasteiger partial charge in [-0.25, -0.2) is 8.78 Å². The van der Waals surface area contributed by atoms with Crippen LogP contribution in [0.3, 0.4) is 0 Å². The molecule has 2 aliphatic heterocycles. The zero-order valence-electron chi connectivity index (χ0n) is 15.9. The molecule has 28 heavy (non-hydrogen) atoms. The lowest BCUT2D eigenvalue weighted by Crippen LogP contribution is -2.51. The summed E-state index contributed by atoms with van der Waals surface area (Å²) >= 11 is 0. The number of hydrogen-bond acceptors (Lipinski definition) is 4. The molecule has 2 atom stereocenters. The van der Waals surface area contributed by atoms with Gasteiger partial charge in [0.1, 0.15) is 11.4 Å². The second kappa shape index (κ2) is 7.43. The number of rotatable bonds is 3. The Morgan fingerprint density at radius 1 is 1.14 bits per heavy atom. The van der Waals surface area contributed by atoms with Gasteiger partial charge < -0.3 is 19.8 Å². The van der Waals surface area contributed by atoms with Gasteiger partial charge in [0.2, 0.25) is 0 Å². The van der Waals surface area contributed by atoms with Crippen LogP contribution in [-0.4, -0.2) is 40.3 Å². The minimum absolute atomic E-state index is 0.347. The number of aliphatic hydroxyl groups is 2. The monoisotopic (exact) mass is 389 g/mol. The third kappa shape index (κ3) is 3.77. The second-order valence-electron chi connectivity index (χ2n) is 8.04. The summed E-state index contributed by atoms with van der Waals surface area (Å²) < 4.78 is 32.8. The predicted octanol–water partition coefficient (Wildman–Crippen LogP) is 3.66. The highest BCUT2D eigenvalue weighted by atomic mass is 19.2. The molecule has 0 bridgehead atoms. The van der Waals surface area contributed by atoms with Crippen molar-refractivity contribution in [2.45, 2.75) is 44.0 Å². The van der Waals surface area contributed by atoms with Crippen molar-refractivity contribution in [3.63, 3.8) is 0 Å². The molecule has 1 saturated heterocycles. The van der Waals surface area contributed by atoms with Gasteiger partial charge in [-0.05, 0) is 49.6 Å². The molecule has 0 amide bonds. The predicted molar refractivity (Wildman–Crippen MR) is 101 cm³/mol. The number of hydrogen-bond donors (Lipinski definition) is 2. The van der Waals surface area contributed by atoms with Gasteiger partial charge in [0, 0.05) is 31.6 Å². The highest BCUT2D eigenvalue weighted by Crippen LogP contribution is 2.44. The number of β-amino-alcohol motifs (C(OH)–C–C–N with tert-alkyl or cyclic N) is 1. The van der Waals surface area contributed by atoms with Crippen molar-refractivity contribution < 1.29 is 23.7 Å². The number of halogens is 2. The van der Waals surface area contributed by atoms with E-state index in [1.807, 2.05) is 25.1 Å². The first-order valence-corrected chi connectivity index (χ1v) is 9.68. The van der Waals surface area contributed by atoms with Crippen LogP contribution < -0.4 is 4.74 Å². The van der Waals surface area contributed by atoms with E-state index in [1.54, 1.807) is 0 Å². The van der Waals surface area contributed by atoms with Gasteiger partial charge in [0.25, 0.3) is 0 Å². The van der Waals surface area contributed by atoms with Gasteiger partial charge >= 0.3 is 0 Å². The Morgan fingerprint density at radius 3 is 2.61 bits per heavy atom. The number of ether oxygens (including phenoxy) is 1. The summed E-state index contributed by atoms with van der Waals surface area (Å²) in [6.07, 6.45) is 0.612. The van der Waals surface area contributed by atoms with E-state index in [0.717, 1.165) is 41.9 Å². The van der Waals surface area contributed by atoms with Gasteiger partial charge in [-0.1, -0.05) is 17.7 Å². The summed E-state index contributed by atoms with van der Waals surface area (Å²) in [5.41, 5.74) is 1.92. The molecule has 2 aromatic carbocycles. The molecule has 0 aliphatic carbocycles. The van der Waals surface area contributed by atoms with Crippen LogP contribution in [0, 0.1) is 18.6 Å². The van der Waals surface area contributed by atoms with Gasteiger partial charge in [0.05, 0.1) is 12.2 Å². The van der Waals surface area contributed by atoms with E-state index >= 15 is 0 Å². The molecule has 0 aromatic heterocycles. The van der Waals surface area contributed by atoms with Gasteiger partial charge in [-0.15, -0.1) is 0 Å². The fourth-order valence-corrected chi connectivity index (χ4v) is 4.28. The van der Waals surface area contributed by atoms with Crippen LogP contribution in [0.2, 0.25) is 0 Å². The zero-order valence-corrected chi connectivity index (χ0v) is 15.9. The third-order valence-corrected chi connectivity index (χ3v) is 5.94. The minimum Gasteiger partial charge on any atom is -0.487 e. The third-order valence-electron chi connectivity index (χ3n) is 5.94. The number of aryl methyl sites for hydroxylation is 1. The molecule has 0 radical (unpaired) electrons. The molecule has 2 aliphatic rings. The molecular formula is C22H25F2NO3. The Balaban J connectivity index is 1.39. The first-order chi connectivity index (χ1) is 13.3. The lowest BCUT2D eigenvalue weighted by Gasteiger charge is -2.46. The molecule has 2 aromatic rings. The fourth-order valence-electron chi connectivity index (χ4n) is 4.28. The topological polar surface area (TPSA) is 52.9 Å². The molecule has 2 N–H and O–H groups in total. The van der Waals surface area contributed by atoms with Gasteiger partial charge in [-0.3, -0.25) is 0 Å². The van der Waals surface area contributed by atoms with Gasteiger partial charge in [-0.2, -0.15) is 0 Å². The summed E-state index contributed by atoms with van der Waals surface area (Å²) in [7, 11) is 0. The number of fused-ring (bicyclic) bond motifs is 1. The van der Waals surface area contributed by atoms with Crippen molar-refractivity contribution in [1.29, 1.82) is 0 Å². The molecule has 6 heteroatoms. The van der Waals surface area contributed by atoms with Crippen LogP contribution in [0.1, 0.15) is 48.2 Å². The Kier molecular flexibility index (Phi) is 5.12. The SMILES string of the molecule is Cc1ccc2c(c1)[C@@H](O)CC1(CCN(C[C@@H](O)c3ccc(F)c(F)c3)CC1)O2. The van der Waals surface area contributed by atoms with E-state index in [1.165, 1.54) is 6.07 Å². The lowest BCUT2D eigenvalue weighted by atomic mass is 9.81. The molecule has 150 valence electrons. The first kappa shape index (κ1) is 19.3. The smallest absolute Gasteiger partial charge is 0.159 e. The Morgan fingerprint density at radius 2 is 1.89 bits per heavy atom. The molecule has 4 rings (SSSR count). The maximum Gasteiger partial charge on any atom is 0.159 e. The molecule has 2 heterocycles. The quantitative estimate of drug-likeness (QED) is 0.841.